The third-order valence-corrected chi connectivity index (χ3v) is 7.33. The molecule has 2 aromatic heterocycles. The molecule has 2 aromatic rings. The van der Waals surface area contributed by atoms with Gasteiger partial charge in [0.2, 0.25) is 5.95 Å². The molecule has 8 heteroatoms. The maximum absolute atomic E-state index is 11.5. The van der Waals surface area contributed by atoms with Crippen LogP contribution in [0.25, 0.3) is 0 Å². The van der Waals surface area contributed by atoms with Crippen molar-refractivity contribution in [3.05, 3.63) is 23.5 Å². The number of aromatic amines is 1. The van der Waals surface area contributed by atoms with Crippen LogP contribution in [0.2, 0.25) is 0 Å². The van der Waals surface area contributed by atoms with Crippen LogP contribution in [0.1, 0.15) is 75.1 Å². The van der Waals surface area contributed by atoms with E-state index in [-0.39, 0.29) is 12.3 Å². The SMILES string of the molecule is Cc1cc(Nc2cc(C3CC3)n[nH]2)nc(N2CC(CC(=O)O)CC(C3CCCCC3)C2)n1. The molecule has 2 saturated carbocycles. The van der Waals surface area contributed by atoms with Crippen LogP contribution in [-0.2, 0) is 4.79 Å². The average molecular weight is 439 g/mol. The van der Waals surface area contributed by atoms with Crippen LogP contribution < -0.4 is 10.2 Å². The van der Waals surface area contributed by atoms with Crippen LogP contribution in [0.3, 0.4) is 0 Å². The second-order valence-corrected chi connectivity index (χ2v) is 10.1. The molecule has 1 aliphatic heterocycles. The summed E-state index contributed by atoms with van der Waals surface area (Å²) < 4.78 is 0. The monoisotopic (exact) mass is 438 g/mol. The first-order chi connectivity index (χ1) is 15.5. The van der Waals surface area contributed by atoms with Gasteiger partial charge in [0.15, 0.2) is 0 Å². The number of nitrogens with one attached hydrogen (secondary N) is 2. The van der Waals surface area contributed by atoms with Crippen LogP contribution in [-0.4, -0.2) is 44.3 Å². The van der Waals surface area contributed by atoms with Crippen LogP contribution in [0, 0.1) is 24.7 Å². The van der Waals surface area contributed by atoms with Crippen molar-refractivity contribution in [3.8, 4) is 0 Å². The number of anilines is 3. The Morgan fingerprint density at radius 1 is 1.12 bits per heavy atom. The number of hydrogen-bond donors (Lipinski definition) is 3. The van der Waals surface area contributed by atoms with Gasteiger partial charge < -0.3 is 15.3 Å². The number of aryl methyl sites for hydroxylation is 1. The van der Waals surface area contributed by atoms with Crippen molar-refractivity contribution in [3.63, 3.8) is 0 Å². The zero-order chi connectivity index (χ0) is 22.1. The van der Waals surface area contributed by atoms with Gasteiger partial charge in [0, 0.05) is 43.3 Å². The first-order valence-corrected chi connectivity index (χ1v) is 12.2. The van der Waals surface area contributed by atoms with E-state index in [1.54, 1.807) is 0 Å². The minimum absolute atomic E-state index is 0.141. The number of piperidine rings is 1. The lowest BCUT2D eigenvalue weighted by molar-refractivity contribution is -0.138. The summed E-state index contributed by atoms with van der Waals surface area (Å²) in [6.07, 6.45) is 10.1. The number of H-pyrrole nitrogens is 1. The topological polar surface area (TPSA) is 107 Å². The fraction of sp³-hybridized carbons (Fsp3) is 0.667. The van der Waals surface area contributed by atoms with E-state index in [2.05, 4.69) is 26.5 Å². The normalized spacial score (nSPS) is 24.5. The average Bonchev–Trinajstić information content (AvgIpc) is 3.52. The van der Waals surface area contributed by atoms with Gasteiger partial charge in [-0.1, -0.05) is 32.1 Å². The Morgan fingerprint density at radius 2 is 1.94 bits per heavy atom. The highest BCUT2D eigenvalue weighted by atomic mass is 16.4. The maximum Gasteiger partial charge on any atom is 0.303 e. The Bertz CT molecular complexity index is 950. The van der Waals surface area contributed by atoms with E-state index in [1.807, 2.05) is 13.0 Å². The number of carboxylic acid groups (broad SMARTS) is 1. The lowest BCUT2D eigenvalue weighted by Gasteiger charge is -2.42. The predicted octanol–water partition coefficient (Wildman–Crippen LogP) is 4.63. The molecule has 8 nitrogen and oxygen atoms in total. The molecule has 2 aliphatic carbocycles. The second kappa shape index (κ2) is 9.08. The highest BCUT2D eigenvalue weighted by molar-refractivity contribution is 5.67. The highest BCUT2D eigenvalue weighted by Gasteiger charge is 2.35. The first-order valence-electron chi connectivity index (χ1n) is 12.2. The second-order valence-electron chi connectivity index (χ2n) is 10.1. The van der Waals surface area contributed by atoms with Gasteiger partial charge in [-0.15, -0.1) is 0 Å². The molecule has 5 rings (SSSR count). The number of carboxylic acids is 1. The Kier molecular flexibility index (Phi) is 6.02. The van der Waals surface area contributed by atoms with Gasteiger partial charge in [-0.25, -0.2) is 4.98 Å². The number of aliphatic carboxylic acids is 1. The zero-order valence-electron chi connectivity index (χ0n) is 18.9. The number of nitrogens with zero attached hydrogens (tertiary/aromatic N) is 4. The van der Waals surface area contributed by atoms with Crippen LogP contribution in [0.4, 0.5) is 17.6 Å². The largest absolute Gasteiger partial charge is 0.481 e. The molecule has 0 bridgehead atoms. The Morgan fingerprint density at radius 3 is 2.69 bits per heavy atom. The Labute approximate surface area is 189 Å². The van der Waals surface area contributed by atoms with Crippen molar-refractivity contribution in [2.75, 3.05) is 23.3 Å². The van der Waals surface area contributed by atoms with E-state index in [4.69, 9.17) is 9.97 Å². The molecule has 32 heavy (non-hydrogen) atoms. The molecule has 3 heterocycles. The standard InChI is InChI=1S/C24H34N6O2/c1-15-9-21(26-22-12-20(28-29-22)18-7-8-18)27-24(25-15)30-13-16(11-23(31)32)10-19(14-30)17-5-3-2-4-6-17/h9,12,16-19H,2-8,10-11,13-14H2,1H3,(H,31,32)(H2,25,26,27,28,29). The van der Waals surface area contributed by atoms with Crippen molar-refractivity contribution >= 4 is 23.6 Å². The van der Waals surface area contributed by atoms with E-state index in [9.17, 15) is 9.90 Å². The van der Waals surface area contributed by atoms with E-state index in [0.29, 0.717) is 30.2 Å². The van der Waals surface area contributed by atoms with Crippen molar-refractivity contribution in [2.24, 2.45) is 17.8 Å². The van der Waals surface area contributed by atoms with Gasteiger partial charge in [0.05, 0.1) is 5.69 Å². The highest BCUT2D eigenvalue weighted by Crippen LogP contribution is 2.40. The molecule has 3 N–H and O–H groups in total. The van der Waals surface area contributed by atoms with E-state index in [1.165, 1.54) is 44.9 Å². The summed E-state index contributed by atoms with van der Waals surface area (Å²) in [4.78, 5) is 23.3. The predicted molar refractivity (Wildman–Crippen MR) is 123 cm³/mol. The molecule has 0 amide bonds. The van der Waals surface area contributed by atoms with Crippen molar-refractivity contribution in [1.82, 2.24) is 20.2 Å². The molecule has 0 spiro atoms. The molecule has 0 aromatic carbocycles. The van der Waals surface area contributed by atoms with Gasteiger partial charge in [-0.05, 0) is 43.9 Å². The molecule has 0 radical (unpaired) electrons. The molecule has 3 aliphatic rings. The summed E-state index contributed by atoms with van der Waals surface area (Å²) >= 11 is 0. The molecule has 172 valence electrons. The minimum atomic E-state index is -0.711. The van der Waals surface area contributed by atoms with Crippen LogP contribution in [0.5, 0.6) is 0 Å². The van der Waals surface area contributed by atoms with Gasteiger partial charge in [-0.3, -0.25) is 9.89 Å². The maximum atomic E-state index is 11.5. The molecule has 1 saturated heterocycles. The fourth-order valence-corrected chi connectivity index (χ4v) is 5.64. The molecule has 3 fully saturated rings. The van der Waals surface area contributed by atoms with Crippen molar-refractivity contribution in [2.45, 2.75) is 70.6 Å². The molecular formula is C24H34N6O2. The van der Waals surface area contributed by atoms with E-state index in [0.717, 1.165) is 36.0 Å². The zero-order valence-corrected chi connectivity index (χ0v) is 18.9. The Balaban J connectivity index is 1.35. The fourth-order valence-electron chi connectivity index (χ4n) is 5.64. The number of hydrogen-bond acceptors (Lipinski definition) is 6. The van der Waals surface area contributed by atoms with Gasteiger partial charge in [0.1, 0.15) is 11.6 Å². The van der Waals surface area contributed by atoms with E-state index < -0.39 is 5.97 Å². The van der Waals surface area contributed by atoms with Crippen molar-refractivity contribution < 1.29 is 9.90 Å². The minimum Gasteiger partial charge on any atom is -0.481 e. The molecule has 2 atom stereocenters. The summed E-state index contributed by atoms with van der Waals surface area (Å²) in [5.74, 6) is 3.52. The van der Waals surface area contributed by atoms with Gasteiger partial charge in [-0.2, -0.15) is 10.1 Å². The van der Waals surface area contributed by atoms with Crippen molar-refractivity contribution in [1.29, 1.82) is 0 Å². The third-order valence-electron chi connectivity index (χ3n) is 7.33. The third kappa shape index (κ3) is 5.05. The number of aromatic nitrogens is 4. The molecular weight excluding hydrogens is 404 g/mol. The summed E-state index contributed by atoms with van der Waals surface area (Å²) in [6.45, 7) is 3.60. The molecule has 2 unspecified atom stereocenters. The first kappa shape index (κ1) is 21.2. The summed E-state index contributed by atoms with van der Waals surface area (Å²) in [6, 6.07) is 4.01. The lowest BCUT2D eigenvalue weighted by atomic mass is 9.73. The summed E-state index contributed by atoms with van der Waals surface area (Å²) in [7, 11) is 0. The smallest absolute Gasteiger partial charge is 0.303 e. The Hall–Kier alpha value is -2.64. The quantitative estimate of drug-likeness (QED) is 0.579. The van der Waals surface area contributed by atoms with Crippen LogP contribution >= 0.6 is 0 Å². The summed E-state index contributed by atoms with van der Waals surface area (Å²) in [5.41, 5.74) is 2.01. The van der Waals surface area contributed by atoms with E-state index >= 15 is 0 Å². The number of carbonyl (C=O) groups is 1. The lowest BCUT2D eigenvalue weighted by Crippen LogP contribution is -2.44. The van der Waals surface area contributed by atoms with Crippen LogP contribution in [0.15, 0.2) is 12.1 Å². The number of rotatable bonds is 7. The summed E-state index contributed by atoms with van der Waals surface area (Å²) in [5, 5.41) is 20.3. The van der Waals surface area contributed by atoms with Gasteiger partial charge >= 0.3 is 5.97 Å². The van der Waals surface area contributed by atoms with Gasteiger partial charge in [0.25, 0.3) is 0 Å².